The molecule has 4 aromatic rings. The van der Waals surface area contributed by atoms with Crippen LogP contribution in [0.4, 0.5) is 5.82 Å². The third-order valence-electron chi connectivity index (χ3n) is 5.09. The van der Waals surface area contributed by atoms with Gasteiger partial charge in [0.15, 0.2) is 5.43 Å². The number of hydrogen-bond donors (Lipinski definition) is 0. The molecule has 6 heteroatoms. The molecule has 2 aromatic carbocycles. The summed E-state index contributed by atoms with van der Waals surface area (Å²) in [7, 11) is 0. The fourth-order valence-corrected chi connectivity index (χ4v) is 4.00. The van der Waals surface area contributed by atoms with Gasteiger partial charge in [-0.3, -0.25) is 14.5 Å². The first kappa shape index (κ1) is 17.6. The summed E-state index contributed by atoms with van der Waals surface area (Å²) in [5.74, 6) is 0.0998. The average molecular weight is 403 g/mol. The Morgan fingerprint density at radius 1 is 1.03 bits per heavy atom. The number of pyridine rings is 1. The van der Waals surface area contributed by atoms with E-state index in [-0.39, 0.29) is 11.2 Å². The summed E-state index contributed by atoms with van der Waals surface area (Å²) < 4.78 is 5.91. The Labute approximate surface area is 171 Å². The predicted molar refractivity (Wildman–Crippen MR) is 112 cm³/mol. The summed E-state index contributed by atoms with van der Waals surface area (Å²) >= 11 is 6.22. The van der Waals surface area contributed by atoms with Crippen LogP contribution in [0, 0.1) is 6.92 Å². The van der Waals surface area contributed by atoms with E-state index in [0.717, 1.165) is 11.1 Å². The molecule has 1 amide bonds. The van der Waals surface area contributed by atoms with Gasteiger partial charge in [-0.05, 0) is 54.4 Å². The molecule has 0 fully saturated rings. The van der Waals surface area contributed by atoms with E-state index in [0.29, 0.717) is 27.4 Å². The zero-order valence-electron chi connectivity index (χ0n) is 15.4. The molecule has 0 saturated carbocycles. The number of hydrogen-bond acceptors (Lipinski definition) is 4. The number of anilines is 1. The molecule has 1 unspecified atom stereocenters. The highest BCUT2D eigenvalue weighted by Crippen LogP contribution is 2.41. The average Bonchev–Trinajstić information content (AvgIpc) is 3.01. The van der Waals surface area contributed by atoms with E-state index < -0.39 is 11.9 Å². The molecule has 0 saturated heterocycles. The maximum atomic E-state index is 13.4. The number of fused-ring (bicyclic) bond motifs is 2. The van der Waals surface area contributed by atoms with Crippen molar-refractivity contribution in [3.63, 3.8) is 0 Å². The van der Waals surface area contributed by atoms with Crippen molar-refractivity contribution in [2.75, 3.05) is 4.90 Å². The third-order valence-corrected chi connectivity index (χ3v) is 5.32. The molecule has 142 valence electrons. The second-order valence-electron chi connectivity index (χ2n) is 6.99. The normalized spacial score (nSPS) is 15.7. The lowest BCUT2D eigenvalue weighted by Crippen LogP contribution is -2.30. The van der Waals surface area contributed by atoms with E-state index in [1.165, 1.54) is 4.90 Å². The van der Waals surface area contributed by atoms with Crippen LogP contribution in [0.2, 0.25) is 5.02 Å². The van der Waals surface area contributed by atoms with Gasteiger partial charge in [0.25, 0.3) is 5.91 Å². The number of carbonyl (C=O) groups excluding carboxylic acids is 1. The van der Waals surface area contributed by atoms with Gasteiger partial charge >= 0.3 is 0 Å². The molecular weight excluding hydrogens is 388 g/mol. The van der Waals surface area contributed by atoms with Crippen molar-refractivity contribution in [2.24, 2.45) is 0 Å². The standard InChI is InChI=1S/C23H15ClN2O3/c1-13-9-10-25-18(11-13)26-20(14-5-4-6-15(24)12-14)19-21(27)16-7-2-3-8-17(16)29-22(19)23(26)28/h2-12,20H,1H3. The lowest BCUT2D eigenvalue weighted by atomic mass is 9.98. The number of aryl methyl sites for hydroxylation is 1. The second-order valence-corrected chi connectivity index (χ2v) is 7.43. The minimum absolute atomic E-state index is 0.0435. The number of rotatable bonds is 2. The number of amides is 1. The summed E-state index contributed by atoms with van der Waals surface area (Å²) in [4.78, 5) is 32.7. The molecule has 1 aliphatic rings. The molecule has 0 bridgehead atoms. The minimum Gasteiger partial charge on any atom is -0.450 e. The number of carbonyl (C=O) groups is 1. The Hall–Kier alpha value is -3.44. The maximum Gasteiger partial charge on any atom is 0.296 e. The number of para-hydroxylation sites is 1. The van der Waals surface area contributed by atoms with Gasteiger partial charge in [0.1, 0.15) is 11.4 Å². The van der Waals surface area contributed by atoms with E-state index in [4.69, 9.17) is 16.0 Å². The van der Waals surface area contributed by atoms with Crippen molar-refractivity contribution in [1.82, 2.24) is 4.98 Å². The molecule has 2 aromatic heterocycles. The summed E-state index contributed by atoms with van der Waals surface area (Å²) in [6.07, 6.45) is 1.64. The Morgan fingerprint density at radius 2 is 1.86 bits per heavy atom. The van der Waals surface area contributed by atoms with Crippen molar-refractivity contribution in [3.05, 3.63) is 105 Å². The maximum absolute atomic E-state index is 13.4. The Bertz CT molecular complexity index is 1350. The van der Waals surface area contributed by atoms with E-state index in [1.54, 1.807) is 48.7 Å². The minimum atomic E-state index is -0.675. The van der Waals surface area contributed by atoms with Crippen LogP contribution in [0.1, 0.15) is 33.3 Å². The van der Waals surface area contributed by atoms with Crippen LogP contribution >= 0.6 is 11.6 Å². The van der Waals surface area contributed by atoms with Crippen molar-refractivity contribution in [1.29, 1.82) is 0 Å². The monoisotopic (exact) mass is 402 g/mol. The lowest BCUT2D eigenvalue weighted by molar-refractivity contribution is 0.0970. The Kier molecular flexibility index (Phi) is 4.00. The van der Waals surface area contributed by atoms with E-state index in [9.17, 15) is 9.59 Å². The highest BCUT2D eigenvalue weighted by molar-refractivity contribution is 6.30. The van der Waals surface area contributed by atoms with Gasteiger partial charge in [-0.2, -0.15) is 0 Å². The second kappa shape index (κ2) is 6.57. The molecule has 1 atom stereocenters. The summed E-state index contributed by atoms with van der Waals surface area (Å²) in [5, 5.41) is 0.954. The predicted octanol–water partition coefficient (Wildman–Crippen LogP) is 4.90. The molecule has 5 rings (SSSR count). The Morgan fingerprint density at radius 3 is 2.66 bits per heavy atom. The fraction of sp³-hybridized carbons (Fsp3) is 0.0870. The largest absolute Gasteiger partial charge is 0.450 e. The van der Waals surface area contributed by atoms with Crippen LogP contribution in [0.15, 0.2) is 76.1 Å². The van der Waals surface area contributed by atoms with Crippen LogP contribution in [0.5, 0.6) is 0 Å². The molecule has 0 radical (unpaired) electrons. The van der Waals surface area contributed by atoms with Gasteiger partial charge in [0.05, 0.1) is 17.0 Å². The first-order chi connectivity index (χ1) is 14.0. The Balaban J connectivity index is 1.84. The van der Waals surface area contributed by atoms with Gasteiger partial charge in [-0.25, -0.2) is 4.98 Å². The third kappa shape index (κ3) is 2.74. The molecule has 5 nitrogen and oxygen atoms in total. The number of nitrogens with zero attached hydrogens (tertiary/aromatic N) is 2. The first-order valence-electron chi connectivity index (χ1n) is 9.12. The first-order valence-corrected chi connectivity index (χ1v) is 9.50. The molecule has 0 spiro atoms. The number of halogens is 1. The topological polar surface area (TPSA) is 63.4 Å². The number of benzene rings is 2. The van der Waals surface area contributed by atoms with E-state index >= 15 is 0 Å². The van der Waals surface area contributed by atoms with Crippen molar-refractivity contribution < 1.29 is 9.21 Å². The van der Waals surface area contributed by atoms with Crippen LogP contribution in [-0.4, -0.2) is 10.9 Å². The quantitative estimate of drug-likeness (QED) is 0.478. The van der Waals surface area contributed by atoms with Gasteiger partial charge in [-0.1, -0.05) is 35.9 Å². The zero-order chi connectivity index (χ0) is 20.1. The van der Waals surface area contributed by atoms with Gasteiger partial charge in [-0.15, -0.1) is 0 Å². The van der Waals surface area contributed by atoms with Crippen molar-refractivity contribution in [2.45, 2.75) is 13.0 Å². The highest BCUT2D eigenvalue weighted by Gasteiger charge is 2.44. The van der Waals surface area contributed by atoms with Crippen LogP contribution in [0.3, 0.4) is 0 Å². The molecular formula is C23H15ClN2O3. The van der Waals surface area contributed by atoms with Gasteiger partial charge in [0, 0.05) is 11.2 Å². The summed E-state index contributed by atoms with van der Waals surface area (Å²) in [6.45, 7) is 1.92. The van der Waals surface area contributed by atoms with E-state index in [1.807, 2.05) is 25.1 Å². The molecule has 1 aliphatic heterocycles. The molecule has 29 heavy (non-hydrogen) atoms. The lowest BCUT2D eigenvalue weighted by Gasteiger charge is -2.24. The van der Waals surface area contributed by atoms with Crippen LogP contribution < -0.4 is 10.3 Å². The molecule has 0 aliphatic carbocycles. The van der Waals surface area contributed by atoms with Crippen molar-refractivity contribution in [3.8, 4) is 0 Å². The fourth-order valence-electron chi connectivity index (χ4n) is 3.80. The molecule has 0 N–H and O–H groups in total. The SMILES string of the molecule is Cc1ccnc(N2C(=O)c3oc4ccccc4c(=O)c3C2c2cccc(Cl)c2)c1. The van der Waals surface area contributed by atoms with Crippen LogP contribution in [0.25, 0.3) is 11.0 Å². The van der Waals surface area contributed by atoms with Crippen LogP contribution in [-0.2, 0) is 0 Å². The van der Waals surface area contributed by atoms with E-state index in [2.05, 4.69) is 4.98 Å². The van der Waals surface area contributed by atoms with Gasteiger partial charge in [0.2, 0.25) is 5.76 Å². The zero-order valence-corrected chi connectivity index (χ0v) is 16.2. The summed E-state index contributed by atoms with van der Waals surface area (Å²) in [5.41, 5.74) is 2.13. The summed E-state index contributed by atoms with van der Waals surface area (Å²) in [6, 6.07) is 17.1. The van der Waals surface area contributed by atoms with Gasteiger partial charge < -0.3 is 4.42 Å². The highest BCUT2D eigenvalue weighted by atomic mass is 35.5. The number of aromatic nitrogens is 1. The smallest absolute Gasteiger partial charge is 0.296 e. The molecule has 3 heterocycles. The van der Waals surface area contributed by atoms with Crippen molar-refractivity contribution >= 4 is 34.3 Å².